The second-order valence-corrected chi connectivity index (χ2v) is 8.88. The van der Waals surface area contributed by atoms with Gasteiger partial charge in [-0.2, -0.15) is 0 Å². The molecule has 0 saturated carbocycles. The first-order chi connectivity index (χ1) is 15.8. The van der Waals surface area contributed by atoms with Crippen LogP contribution in [0.2, 0.25) is 0 Å². The minimum atomic E-state index is -0.984. The number of nitrogens with zero attached hydrogens (tertiary/aromatic N) is 1. The number of rotatable bonds is 7. The summed E-state index contributed by atoms with van der Waals surface area (Å²) in [6, 6.07) is 13.7. The van der Waals surface area contributed by atoms with Gasteiger partial charge in [0.15, 0.2) is 0 Å². The van der Waals surface area contributed by atoms with Gasteiger partial charge in [-0.1, -0.05) is 56.3 Å². The monoisotopic (exact) mass is 448 g/mol. The highest BCUT2D eigenvalue weighted by Gasteiger charge is 2.45. The van der Waals surface area contributed by atoms with Crippen LogP contribution in [0.5, 0.6) is 0 Å². The minimum absolute atomic E-state index is 0.0874. The van der Waals surface area contributed by atoms with Crippen LogP contribution in [0.15, 0.2) is 48.5 Å². The quantitative estimate of drug-likeness (QED) is 0.556. The molecule has 8 nitrogen and oxygen atoms in total. The van der Waals surface area contributed by atoms with Crippen molar-refractivity contribution in [1.29, 1.82) is 0 Å². The molecule has 8 heteroatoms. The van der Waals surface area contributed by atoms with Crippen molar-refractivity contribution < 1.29 is 19.2 Å². The summed E-state index contributed by atoms with van der Waals surface area (Å²) in [5, 5.41) is 5.70. The summed E-state index contributed by atoms with van der Waals surface area (Å²) in [6.07, 6.45) is 0.215. The molecule has 2 aliphatic heterocycles. The van der Waals surface area contributed by atoms with E-state index in [1.807, 2.05) is 30.3 Å². The van der Waals surface area contributed by atoms with Crippen molar-refractivity contribution in [1.82, 2.24) is 15.5 Å². The Morgan fingerprint density at radius 2 is 1.76 bits per heavy atom. The van der Waals surface area contributed by atoms with E-state index in [1.165, 1.54) is 0 Å². The SMILES string of the molecule is CC(C)C(N)C(NCc1cccc2c1C(=O)N(C1CCC(=O)NC1=O)C2=O)c1ccccc1. The molecule has 33 heavy (non-hydrogen) atoms. The molecule has 2 aliphatic rings. The van der Waals surface area contributed by atoms with Crippen LogP contribution in [-0.4, -0.2) is 40.6 Å². The summed E-state index contributed by atoms with van der Waals surface area (Å²) in [4.78, 5) is 51.2. The number of hydrogen-bond donors (Lipinski definition) is 3. The van der Waals surface area contributed by atoms with Gasteiger partial charge in [0.1, 0.15) is 6.04 Å². The van der Waals surface area contributed by atoms with Crippen molar-refractivity contribution in [2.75, 3.05) is 0 Å². The van der Waals surface area contributed by atoms with Gasteiger partial charge in [0.05, 0.1) is 11.1 Å². The molecule has 1 fully saturated rings. The average Bonchev–Trinajstić information content (AvgIpc) is 3.05. The Balaban J connectivity index is 1.60. The normalized spacial score (nSPS) is 20.1. The van der Waals surface area contributed by atoms with Gasteiger partial charge in [0.25, 0.3) is 11.8 Å². The van der Waals surface area contributed by atoms with Crippen LogP contribution in [0.1, 0.15) is 64.6 Å². The number of imide groups is 2. The number of carbonyl (C=O) groups is 4. The predicted molar refractivity (Wildman–Crippen MR) is 122 cm³/mol. The Morgan fingerprint density at radius 3 is 2.42 bits per heavy atom. The van der Waals surface area contributed by atoms with Gasteiger partial charge < -0.3 is 11.1 Å². The number of hydrogen-bond acceptors (Lipinski definition) is 6. The lowest BCUT2D eigenvalue weighted by Gasteiger charge is -2.29. The first kappa shape index (κ1) is 22.8. The van der Waals surface area contributed by atoms with Crippen LogP contribution in [-0.2, 0) is 16.1 Å². The molecule has 0 aliphatic carbocycles. The lowest BCUT2D eigenvalue weighted by Crippen LogP contribution is -2.54. The van der Waals surface area contributed by atoms with E-state index in [4.69, 9.17) is 5.73 Å². The Kier molecular flexibility index (Phi) is 6.40. The third-order valence-electron chi connectivity index (χ3n) is 6.38. The Labute approximate surface area is 192 Å². The lowest BCUT2D eigenvalue weighted by atomic mass is 9.91. The van der Waals surface area contributed by atoms with E-state index in [9.17, 15) is 19.2 Å². The fourth-order valence-electron chi connectivity index (χ4n) is 4.47. The molecule has 2 aromatic carbocycles. The zero-order chi connectivity index (χ0) is 23.7. The van der Waals surface area contributed by atoms with Crippen LogP contribution in [0.4, 0.5) is 0 Å². The van der Waals surface area contributed by atoms with Gasteiger partial charge in [-0.25, -0.2) is 0 Å². The molecule has 0 spiro atoms. The summed E-state index contributed by atoms with van der Waals surface area (Å²) in [5.74, 6) is -1.81. The van der Waals surface area contributed by atoms with Gasteiger partial charge in [-0.15, -0.1) is 0 Å². The molecule has 4 N–H and O–H groups in total. The molecule has 3 unspecified atom stereocenters. The lowest BCUT2D eigenvalue weighted by molar-refractivity contribution is -0.136. The number of amides is 4. The fraction of sp³-hybridized carbons (Fsp3) is 0.360. The van der Waals surface area contributed by atoms with Gasteiger partial charge >= 0.3 is 0 Å². The van der Waals surface area contributed by atoms with Crippen LogP contribution < -0.4 is 16.4 Å². The predicted octanol–water partition coefficient (Wildman–Crippen LogP) is 1.90. The van der Waals surface area contributed by atoms with Crippen molar-refractivity contribution in [2.45, 2.75) is 51.4 Å². The zero-order valence-electron chi connectivity index (χ0n) is 18.7. The van der Waals surface area contributed by atoms with E-state index in [-0.39, 0.29) is 36.4 Å². The highest BCUT2D eigenvalue weighted by molar-refractivity contribution is 6.24. The molecule has 1 saturated heterocycles. The largest absolute Gasteiger partial charge is 0.326 e. The van der Waals surface area contributed by atoms with E-state index in [0.29, 0.717) is 17.7 Å². The van der Waals surface area contributed by atoms with E-state index in [1.54, 1.807) is 18.2 Å². The van der Waals surface area contributed by atoms with Crippen molar-refractivity contribution >= 4 is 23.6 Å². The number of nitrogens with two attached hydrogens (primary N) is 1. The highest BCUT2D eigenvalue weighted by atomic mass is 16.2. The molecule has 0 radical (unpaired) electrons. The molecule has 172 valence electrons. The molecule has 4 amide bonds. The molecule has 2 heterocycles. The zero-order valence-corrected chi connectivity index (χ0v) is 18.7. The van der Waals surface area contributed by atoms with Gasteiger partial charge in [-0.3, -0.25) is 29.4 Å². The van der Waals surface area contributed by atoms with Crippen LogP contribution in [0, 0.1) is 5.92 Å². The summed E-state index contributed by atoms with van der Waals surface area (Å²) < 4.78 is 0. The van der Waals surface area contributed by atoms with E-state index >= 15 is 0 Å². The van der Waals surface area contributed by atoms with E-state index < -0.39 is 29.7 Å². The average molecular weight is 449 g/mol. The van der Waals surface area contributed by atoms with Crippen molar-refractivity contribution in [3.05, 3.63) is 70.8 Å². The number of fused-ring (bicyclic) bond motifs is 1. The smallest absolute Gasteiger partial charge is 0.262 e. The second kappa shape index (κ2) is 9.25. The van der Waals surface area contributed by atoms with Crippen molar-refractivity contribution in [3.63, 3.8) is 0 Å². The van der Waals surface area contributed by atoms with Gasteiger partial charge in [-0.05, 0) is 29.5 Å². The first-order valence-corrected chi connectivity index (χ1v) is 11.2. The third-order valence-corrected chi connectivity index (χ3v) is 6.38. The van der Waals surface area contributed by atoms with Crippen LogP contribution in [0.3, 0.4) is 0 Å². The Morgan fingerprint density at radius 1 is 1.03 bits per heavy atom. The number of carbonyl (C=O) groups excluding carboxylic acids is 4. The summed E-state index contributed by atoms with van der Waals surface area (Å²) in [7, 11) is 0. The number of benzene rings is 2. The topological polar surface area (TPSA) is 122 Å². The minimum Gasteiger partial charge on any atom is -0.326 e. The Hall–Kier alpha value is -3.36. The standard InChI is InChI=1S/C25H28N4O4/c1-14(2)21(26)22(15-7-4-3-5-8-15)27-13-16-9-6-10-17-20(16)25(33)29(24(17)32)18-11-12-19(30)28-23(18)31/h3-10,14,18,21-22,27H,11-13,26H2,1-2H3,(H,28,30,31). The molecule has 0 bridgehead atoms. The maximum Gasteiger partial charge on any atom is 0.262 e. The van der Waals surface area contributed by atoms with Gasteiger partial charge in [0.2, 0.25) is 11.8 Å². The second-order valence-electron chi connectivity index (χ2n) is 8.88. The highest BCUT2D eigenvalue weighted by Crippen LogP contribution is 2.30. The number of piperidine rings is 1. The van der Waals surface area contributed by atoms with E-state index in [0.717, 1.165) is 10.5 Å². The van der Waals surface area contributed by atoms with Crippen LogP contribution >= 0.6 is 0 Å². The molecule has 4 rings (SSSR count). The van der Waals surface area contributed by atoms with Crippen molar-refractivity contribution in [2.24, 2.45) is 11.7 Å². The van der Waals surface area contributed by atoms with Crippen LogP contribution in [0.25, 0.3) is 0 Å². The molecule has 3 atom stereocenters. The van der Waals surface area contributed by atoms with Crippen molar-refractivity contribution in [3.8, 4) is 0 Å². The summed E-state index contributed by atoms with van der Waals surface area (Å²) >= 11 is 0. The molecule has 2 aromatic rings. The molecule has 0 aromatic heterocycles. The summed E-state index contributed by atoms with van der Waals surface area (Å²) in [5.41, 5.74) is 8.77. The maximum atomic E-state index is 13.3. The van der Waals surface area contributed by atoms with E-state index in [2.05, 4.69) is 24.5 Å². The summed E-state index contributed by atoms with van der Waals surface area (Å²) in [6.45, 7) is 4.44. The fourth-order valence-corrected chi connectivity index (χ4v) is 4.47. The first-order valence-electron chi connectivity index (χ1n) is 11.2. The van der Waals surface area contributed by atoms with Gasteiger partial charge in [0, 0.05) is 25.0 Å². The molecular formula is C25H28N4O4. The third kappa shape index (κ3) is 4.31. The molecular weight excluding hydrogens is 420 g/mol. The Bertz CT molecular complexity index is 1100. The maximum absolute atomic E-state index is 13.3. The number of nitrogens with one attached hydrogen (secondary N) is 2.